The minimum absolute atomic E-state index is 0. The van der Waals surface area contributed by atoms with Gasteiger partial charge in [-0.05, 0) is 183 Å². The molecule has 4 heterocycles. The van der Waals surface area contributed by atoms with E-state index in [1.54, 1.807) is 0 Å². The average Bonchev–Trinajstić information content (AvgIpc) is 0.799. The molecule has 604 valence electrons. The van der Waals surface area contributed by atoms with Crippen LogP contribution in [0.3, 0.4) is 0 Å². The van der Waals surface area contributed by atoms with Crippen LogP contribution in [0.15, 0.2) is 310 Å². The molecule has 0 amide bonds. The molecule has 4 aromatic heterocycles. The van der Waals surface area contributed by atoms with Crippen molar-refractivity contribution in [2.24, 2.45) is 0 Å². The number of hydrogen-bond donors (Lipinski definition) is 0. The van der Waals surface area contributed by atoms with Gasteiger partial charge < -0.3 is 24.8 Å². The van der Waals surface area contributed by atoms with Crippen LogP contribution in [-0.2, 0) is 111 Å². The number of benzene rings is 10. The number of rotatable bonds is 26. The second-order valence-corrected chi connectivity index (χ2v) is 31.3. The van der Waals surface area contributed by atoms with E-state index in [2.05, 4.69) is 337 Å². The molecule has 0 fully saturated rings. The standard InChI is InChI=1S/C35H40N.C28H27N2.C23H24N.C21H20N.4Ir/c1-3-5-7-9-12-28-16-20-30(21-17-28)32-14-11-15-34(26-32)35-27-33(24-25-36-35)31-22-18-29(19-23-31)13-10-8-6-4-2;1-21-11-15-24(16-12-21)30(25-17-13-23(14-18-25)28(2,3)4)26-9-7-8-22(20-26)27-10-5-6-19-29-27;1-2-3-4-5-9-19-13-15-20(16-14-19)21-10-8-11-22(18-21)23-12-6-7-17-24-23;1-21(2,3)19-12-13-20(22-15-19)18-11-7-10-17(14-18)16-8-5-4-6-9-16;;;;/h11,14,16-27H,3-10,12-13H2,1-2H3;5-7,9-20H,1-4H3;6-8,10,12-18H,2-5,9H2,1H3;4-10,12-15H,1-3H3;;;;/q4*-1;;;;. The number of aryl methyl sites for hydroxylation is 4. The zero-order valence-corrected chi connectivity index (χ0v) is 78.7. The molecule has 14 aromatic rings. The van der Waals surface area contributed by atoms with Crippen molar-refractivity contribution in [1.82, 2.24) is 19.9 Å². The Balaban J connectivity index is 0.000000215. The number of pyridine rings is 4. The van der Waals surface area contributed by atoms with Gasteiger partial charge in [0.05, 0.1) is 0 Å². The van der Waals surface area contributed by atoms with Crippen molar-refractivity contribution >= 4 is 17.1 Å². The van der Waals surface area contributed by atoms with E-state index in [-0.39, 0.29) is 91.3 Å². The summed E-state index contributed by atoms with van der Waals surface area (Å²) in [6.45, 7) is 22.2. The fraction of sp³-hybridized carbons (Fsp3) is 0.252. The number of unbranched alkanes of at least 4 members (excludes halogenated alkanes) is 9. The van der Waals surface area contributed by atoms with E-state index < -0.39 is 0 Å². The zero-order valence-electron chi connectivity index (χ0n) is 69.1. The SMILES string of the molecule is CC(C)(C)c1ccc(-c2[c-]ccc(-c3ccccc3)c2)nc1.CCCCCCc1ccc(-c2cc[c-]c(-c3cc(-c4ccc(CCCCCC)cc4)ccn3)c2)cc1.CCCCCCc1ccc(-c2cc[c-]c(-c3ccccn3)c2)cc1.Cc1ccc(N(c2ccc(C(C)(C)C)cc2)c2cc[c-]c(-c3ccccn3)c2)cc1.[Ir].[Ir].[Ir].[Ir]. The fourth-order valence-corrected chi connectivity index (χ4v) is 13.7. The van der Waals surface area contributed by atoms with Crippen LogP contribution in [0, 0.1) is 31.2 Å². The summed E-state index contributed by atoms with van der Waals surface area (Å²) in [6.07, 6.45) is 26.8. The van der Waals surface area contributed by atoms with Crippen molar-refractivity contribution in [3.63, 3.8) is 0 Å². The third kappa shape index (κ3) is 28.8. The Kier molecular flexibility index (Phi) is 39.7. The summed E-state index contributed by atoms with van der Waals surface area (Å²) in [4.78, 5) is 20.5. The normalized spacial score (nSPS) is 10.7. The Morgan fingerprint density at radius 1 is 0.276 bits per heavy atom. The molecule has 14 rings (SSSR count). The number of nitrogens with zero attached hydrogens (tertiary/aromatic N) is 5. The van der Waals surface area contributed by atoms with Crippen LogP contribution < -0.4 is 4.90 Å². The van der Waals surface area contributed by atoms with E-state index in [0.717, 1.165) is 62.1 Å². The average molecular weight is 2240 g/mol. The minimum Gasteiger partial charge on any atom is -0.328 e. The number of aromatic nitrogens is 4. The van der Waals surface area contributed by atoms with Crippen LogP contribution in [0.4, 0.5) is 17.1 Å². The molecule has 0 aliphatic carbocycles. The Morgan fingerprint density at radius 3 is 1.03 bits per heavy atom. The van der Waals surface area contributed by atoms with Gasteiger partial charge in [-0.25, -0.2) is 0 Å². The maximum absolute atomic E-state index is 4.68. The molecule has 0 spiro atoms. The third-order valence-electron chi connectivity index (χ3n) is 20.5. The molecule has 4 radical (unpaired) electrons. The van der Waals surface area contributed by atoms with Crippen LogP contribution in [0.5, 0.6) is 0 Å². The number of anilines is 3. The largest absolute Gasteiger partial charge is 0.328 e. The molecule has 0 saturated carbocycles. The molecule has 0 bridgehead atoms. The summed E-state index contributed by atoms with van der Waals surface area (Å²) < 4.78 is 0. The zero-order chi connectivity index (χ0) is 78.3. The fourth-order valence-electron chi connectivity index (χ4n) is 13.7. The first kappa shape index (κ1) is 94.3. The van der Waals surface area contributed by atoms with Crippen LogP contribution in [0.25, 0.3) is 89.5 Å². The minimum atomic E-state index is 0. The summed E-state index contributed by atoms with van der Waals surface area (Å²) in [5, 5.41) is 0. The first-order valence-corrected chi connectivity index (χ1v) is 40.7. The monoisotopic (exact) mass is 2240 g/mol. The van der Waals surface area contributed by atoms with Crippen LogP contribution in [0.2, 0.25) is 0 Å². The molecule has 0 atom stereocenters. The van der Waals surface area contributed by atoms with Crippen molar-refractivity contribution in [2.45, 2.75) is 176 Å². The molecule has 5 nitrogen and oxygen atoms in total. The molecule has 0 N–H and O–H groups in total. The third-order valence-corrected chi connectivity index (χ3v) is 20.5. The van der Waals surface area contributed by atoms with Gasteiger partial charge in [-0.1, -0.05) is 296 Å². The van der Waals surface area contributed by atoms with E-state index in [1.807, 2.05) is 91.5 Å². The Labute approximate surface area is 749 Å². The van der Waals surface area contributed by atoms with Crippen LogP contribution in [0.1, 0.15) is 173 Å². The van der Waals surface area contributed by atoms with Gasteiger partial charge in [0.15, 0.2) is 0 Å². The quantitative estimate of drug-likeness (QED) is 0.0399. The summed E-state index contributed by atoms with van der Waals surface area (Å²) in [5.74, 6) is 0. The van der Waals surface area contributed by atoms with Crippen molar-refractivity contribution in [3.8, 4) is 89.5 Å². The second-order valence-electron chi connectivity index (χ2n) is 31.3. The van der Waals surface area contributed by atoms with Gasteiger partial charge in [-0.3, -0.25) is 0 Å². The van der Waals surface area contributed by atoms with Crippen molar-refractivity contribution < 1.29 is 80.4 Å². The summed E-state index contributed by atoms with van der Waals surface area (Å²) in [6, 6.07) is 114. The van der Waals surface area contributed by atoms with Crippen LogP contribution in [-0.4, -0.2) is 19.9 Å². The molecule has 0 unspecified atom stereocenters. The second kappa shape index (κ2) is 48.8. The van der Waals surface area contributed by atoms with Gasteiger partial charge in [0.2, 0.25) is 0 Å². The smallest absolute Gasteiger partial charge is 0.0444 e. The van der Waals surface area contributed by atoms with Gasteiger partial charge in [-0.15, -0.1) is 136 Å². The molecular weight excluding hydrogens is 2120 g/mol. The van der Waals surface area contributed by atoms with E-state index in [9.17, 15) is 0 Å². The van der Waals surface area contributed by atoms with Gasteiger partial charge in [0, 0.05) is 117 Å². The maximum Gasteiger partial charge on any atom is 0.0444 e. The van der Waals surface area contributed by atoms with E-state index in [4.69, 9.17) is 0 Å². The van der Waals surface area contributed by atoms with Crippen molar-refractivity contribution in [3.05, 3.63) is 368 Å². The van der Waals surface area contributed by atoms with Crippen LogP contribution >= 0.6 is 0 Å². The first-order valence-electron chi connectivity index (χ1n) is 40.7. The van der Waals surface area contributed by atoms with Gasteiger partial charge >= 0.3 is 0 Å². The van der Waals surface area contributed by atoms with E-state index in [0.29, 0.717) is 0 Å². The molecule has 116 heavy (non-hydrogen) atoms. The predicted octanol–water partition coefficient (Wildman–Crippen LogP) is 29.6. The molecule has 0 aliphatic rings. The predicted molar refractivity (Wildman–Crippen MR) is 476 cm³/mol. The number of hydrogen-bond acceptors (Lipinski definition) is 5. The van der Waals surface area contributed by atoms with Crippen molar-refractivity contribution in [1.29, 1.82) is 0 Å². The summed E-state index contributed by atoms with van der Waals surface area (Å²) in [5.41, 5.74) is 29.4. The van der Waals surface area contributed by atoms with E-state index in [1.165, 1.54) is 174 Å². The summed E-state index contributed by atoms with van der Waals surface area (Å²) in [7, 11) is 0. The Bertz CT molecular complexity index is 5010. The van der Waals surface area contributed by atoms with E-state index >= 15 is 0 Å². The first-order chi connectivity index (χ1) is 54.6. The molecule has 0 saturated heterocycles. The molecular formula is C107H111Ir4N5-4. The van der Waals surface area contributed by atoms with Gasteiger partial charge in [0.1, 0.15) is 0 Å². The molecule has 10 aromatic carbocycles. The van der Waals surface area contributed by atoms with Gasteiger partial charge in [-0.2, -0.15) is 0 Å². The van der Waals surface area contributed by atoms with Crippen molar-refractivity contribution in [2.75, 3.05) is 4.90 Å². The summed E-state index contributed by atoms with van der Waals surface area (Å²) >= 11 is 0. The van der Waals surface area contributed by atoms with Gasteiger partial charge in [0.25, 0.3) is 0 Å². The maximum atomic E-state index is 4.68. The molecule has 9 heteroatoms. The topological polar surface area (TPSA) is 54.8 Å². The Hall–Kier alpha value is -8.80. The molecule has 0 aliphatic heterocycles. The Morgan fingerprint density at radius 2 is 0.638 bits per heavy atom.